The van der Waals surface area contributed by atoms with E-state index in [-0.39, 0.29) is 17.8 Å². The molecule has 2 N–H and O–H groups in total. The molecule has 122 valence electrons. The Hall–Kier alpha value is -1.46. The van der Waals surface area contributed by atoms with Crippen LogP contribution in [0.15, 0.2) is 24.3 Å². The van der Waals surface area contributed by atoms with Gasteiger partial charge in [-0.3, -0.25) is 4.79 Å². The van der Waals surface area contributed by atoms with Crippen molar-refractivity contribution in [1.82, 2.24) is 4.90 Å². The van der Waals surface area contributed by atoms with Crippen molar-refractivity contribution in [1.29, 1.82) is 0 Å². The van der Waals surface area contributed by atoms with Gasteiger partial charge in [0.25, 0.3) is 0 Å². The normalized spacial score (nSPS) is 26.4. The summed E-state index contributed by atoms with van der Waals surface area (Å²) in [5, 5.41) is 0. The smallest absolute Gasteiger partial charge is 0.243 e. The van der Waals surface area contributed by atoms with Gasteiger partial charge in [0.1, 0.15) is 11.4 Å². The summed E-state index contributed by atoms with van der Waals surface area (Å²) in [5.41, 5.74) is 5.78. The Morgan fingerprint density at radius 1 is 1.50 bits per heavy atom. The van der Waals surface area contributed by atoms with Gasteiger partial charge in [0.05, 0.1) is 6.10 Å². The topological polar surface area (TPSA) is 55.6 Å². The zero-order valence-electron chi connectivity index (χ0n) is 13.7. The first-order chi connectivity index (χ1) is 10.2. The highest BCUT2D eigenvalue weighted by Crippen LogP contribution is 2.50. The van der Waals surface area contributed by atoms with Crippen LogP contribution in [0.4, 0.5) is 4.39 Å². The van der Waals surface area contributed by atoms with Crippen molar-refractivity contribution < 1.29 is 13.9 Å². The van der Waals surface area contributed by atoms with Crippen LogP contribution in [0.3, 0.4) is 0 Å². The lowest BCUT2D eigenvalue weighted by Crippen LogP contribution is -2.75. The molecule has 0 bridgehead atoms. The van der Waals surface area contributed by atoms with E-state index in [1.807, 2.05) is 20.8 Å². The van der Waals surface area contributed by atoms with Crippen LogP contribution in [0.5, 0.6) is 0 Å². The molecule has 2 rings (SSSR count). The molecule has 0 aromatic heterocycles. The third-order valence-corrected chi connectivity index (χ3v) is 4.87. The van der Waals surface area contributed by atoms with Gasteiger partial charge >= 0.3 is 0 Å². The molecule has 5 heteroatoms. The number of amides is 1. The van der Waals surface area contributed by atoms with Crippen LogP contribution in [0.25, 0.3) is 0 Å². The number of hydrogen-bond acceptors (Lipinski definition) is 3. The maximum atomic E-state index is 13.2. The van der Waals surface area contributed by atoms with E-state index < -0.39 is 11.0 Å². The van der Waals surface area contributed by atoms with Crippen molar-refractivity contribution in [2.45, 2.75) is 45.4 Å². The van der Waals surface area contributed by atoms with E-state index in [1.54, 1.807) is 24.1 Å². The van der Waals surface area contributed by atoms with Gasteiger partial charge in [-0.25, -0.2) is 4.39 Å². The lowest BCUT2D eigenvalue weighted by atomic mass is 9.54. The monoisotopic (exact) mass is 308 g/mol. The highest BCUT2D eigenvalue weighted by Gasteiger charge is 2.63. The van der Waals surface area contributed by atoms with Gasteiger partial charge in [-0.1, -0.05) is 26.0 Å². The molecule has 1 aromatic rings. The maximum absolute atomic E-state index is 13.2. The first-order valence-electron chi connectivity index (χ1n) is 7.63. The summed E-state index contributed by atoms with van der Waals surface area (Å²) in [6.07, 6.45) is 0.509. The summed E-state index contributed by atoms with van der Waals surface area (Å²) in [6.45, 7) is 6.81. The van der Waals surface area contributed by atoms with Gasteiger partial charge < -0.3 is 15.4 Å². The molecule has 1 saturated carbocycles. The molecule has 1 amide bonds. The van der Waals surface area contributed by atoms with Crippen LogP contribution in [-0.4, -0.2) is 36.1 Å². The van der Waals surface area contributed by atoms with Gasteiger partial charge in [0.2, 0.25) is 5.91 Å². The van der Waals surface area contributed by atoms with Gasteiger partial charge in [-0.2, -0.15) is 0 Å². The van der Waals surface area contributed by atoms with E-state index in [1.165, 1.54) is 12.1 Å². The molecule has 22 heavy (non-hydrogen) atoms. The lowest BCUT2D eigenvalue weighted by Gasteiger charge is -2.58. The van der Waals surface area contributed by atoms with Crippen LogP contribution in [0, 0.1) is 11.2 Å². The second kappa shape index (κ2) is 5.97. The molecule has 0 aliphatic heterocycles. The molecule has 2 atom stereocenters. The molecule has 4 nitrogen and oxygen atoms in total. The summed E-state index contributed by atoms with van der Waals surface area (Å²) < 4.78 is 18.9. The van der Waals surface area contributed by atoms with Gasteiger partial charge in [-0.15, -0.1) is 0 Å². The average molecular weight is 308 g/mol. The molecular weight excluding hydrogens is 283 g/mol. The van der Waals surface area contributed by atoms with Crippen molar-refractivity contribution >= 4 is 5.91 Å². The third kappa shape index (κ3) is 2.75. The molecule has 1 aliphatic rings. The van der Waals surface area contributed by atoms with Crippen LogP contribution < -0.4 is 5.73 Å². The highest BCUT2D eigenvalue weighted by molar-refractivity contribution is 5.88. The van der Waals surface area contributed by atoms with E-state index in [0.717, 1.165) is 5.56 Å². The van der Waals surface area contributed by atoms with Gasteiger partial charge in [0, 0.05) is 32.0 Å². The number of carbonyl (C=O) groups excluding carboxylic acids is 1. The van der Waals surface area contributed by atoms with Crippen molar-refractivity contribution in [3.8, 4) is 0 Å². The summed E-state index contributed by atoms with van der Waals surface area (Å²) in [5.74, 6) is -0.432. The van der Waals surface area contributed by atoms with Gasteiger partial charge in [-0.05, 0) is 24.6 Å². The number of halogens is 1. The average Bonchev–Trinajstić information content (AvgIpc) is 2.46. The van der Waals surface area contributed by atoms with Gasteiger partial charge in [0.15, 0.2) is 0 Å². The van der Waals surface area contributed by atoms with E-state index in [0.29, 0.717) is 19.6 Å². The van der Waals surface area contributed by atoms with Crippen molar-refractivity contribution in [3.05, 3.63) is 35.6 Å². The number of ether oxygens (including phenoxy) is 1. The molecule has 1 aromatic carbocycles. The number of likely N-dealkylation sites (N-methyl/N-ethyl adjacent to an activating group) is 1. The number of nitrogens with two attached hydrogens (primary N) is 1. The predicted octanol–water partition coefficient (Wildman–Crippen LogP) is 2.32. The summed E-state index contributed by atoms with van der Waals surface area (Å²) in [4.78, 5) is 14.3. The fourth-order valence-electron chi connectivity index (χ4n) is 3.12. The minimum Gasteiger partial charge on any atom is -0.378 e. The Morgan fingerprint density at radius 2 is 2.18 bits per heavy atom. The maximum Gasteiger partial charge on any atom is 0.243 e. The SMILES string of the molecule is CCOC1CC(N)(C(=O)N(C)Cc2cccc(F)c2)C1(C)C. The Balaban J connectivity index is 2.08. The van der Waals surface area contributed by atoms with Crippen LogP contribution in [-0.2, 0) is 16.1 Å². The van der Waals surface area contributed by atoms with E-state index in [4.69, 9.17) is 10.5 Å². The Kier molecular flexibility index (Phi) is 4.59. The number of benzene rings is 1. The zero-order valence-corrected chi connectivity index (χ0v) is 13.7. The molecular formula is C17H25FN2O2. The minimum atomic E-state index is -0.936. The summed E-state index contributed by atoms with van der Waals surface area (Å²) in [7, 11) is 1.70. The highest BCUT2D eigenvalue weighted by atomic mass is 19.1. The molecule has 1 fully saturated rings. The molecule has 0 radical (unpaired) electrons. The van der Waals surface area contributed by atoms with Crippen LogP contribution >= 0.6 is 0 Å². The van der Waals surface area contributed by atoms with E-state index in [2.05, 4.69) is 0 Å². The van der Waals surface area contributed by atoms with Crippen LogP contribution in [0.1, 0.15) is 32.8 Å². The Labute approximate surface area is 131 Å². The van der Waals surface area contributed by atoms with Crippen molar-refractivity contribution in [3.63, 3.8) is 0 Å². The molecule has 2 unspecified atom stereocenters. The number of hydrogen-bond donors (Lipinski definition) is 1. The fourth-order valence-corrected chi connectivity index (χ4v) is 3.12. The summed E-state index contributed by atoms with van der Waals surface area (Å²) >= 11 is 0. The van der Waals surface area contributed by atoms with E-state index in [9.17, 15) is 9.18 Å². The molecule has 0 saturated heterocycles. The lowest BCUT2D eigenvalue weighted by molar-refractivity contribution is -0.178. The quantitative estimate of drug-likeness (QED) is 0.908. The Morgan fingerprint density at radius 3 is 2.73 bits per heavy atom. The number of nitrogens with zero attached hydrogens (tertiary/aromatic N) is 1. The minimum absolute atomic E-state index is 0.00554. The molecule has 0 spiro atoms. The molecule has 0 heterocycles. The Bertz CT molecular complexity index is 561. The second-order valence-corrected chi connectivity index (χ2v) is 6.63. The van der Waals surface area contributed by atoms with Crippen LogP contribution in [0.2, 0.25) is 0 Å². The first kappa shape index (κ1) is 16.9. The largest absolute Gasteiger partial charge is 0.378 e. The van der Waals surface area contributed by atoms with Crippen molar-refractivity contribution in [2.24, 2.45) is 11.1 Å². The zero-order chi connectivity index (χ0) is 16.5. The van der Waals surface area contributed by atoms with E-state index >= 15 is 0 Å². The number of carbonyl (C=O) groups is 1. The second-order valence-electron chi connectivity index (χ2n) is 6.63. The fraction of sp³-hybridized carbons (Fsp3) is 0.588. The number of rotatable bonds is 5. The summed E-state index contributed by atoms with van der Waals surface area (Å²) in [6, 6.07) is 6.25. The first-order valence-corrected chi connectivity index (χ1v) is 7.63. The van der Waals surface area contributed by atoms with Crippen molar-refractivity contribution in [2.75, 3.05) is 13.7 Å². The standard InChI is InChI=1S/C17H25FN2O2/c1-5-22-14-10-17(19,16(14,2)3)15(21)20(4)11-12-7-6-8-13(18)9-12/h6-9,14H,5,10-11,19H2,1-4H3. The molecule has 1 aliphatic carbocycles. The third-order valence-electron chi connectivity index (χ3n) is 4.87. The predicted molar refractivity (Wildman–Crippen MR) is 83.6 cm³/mol.